The highest BCUT2D eigenvalue weighted by atomic mass is 127. The van der Waals surface area contributed by atoms with E-state index in [2.05, 4.69) is 15.2 Å². The molecule has 1 aromatic carbocycles. The summed E-state index contributed by atoms with van der Waals surface area (Å²) in [4.78, 5) is 6.69. The first-order chi connectivity index (χ1) is 12.7. The zero-order valence-electron chi connectivity index (χ0n) is 16.3. The lowest BCUT2D eigenvalue weighted by Crippen LogP contribution is -2.53. The molecule has 0 amide bonds. The summed E-state index contributed by atoms with van der Waals surface area (Å²) in [5.74, 6) is 2.45. The topological polar surface area (TPSA) is 64.6 Å². The smallest absolute Gasteiger partial charge is 0.194 e. The third-order valence-corrected chi connectivity index (χ3v) is 4.92. The van der Waals surface area contributed by atoms with Crippen LogP contribution in [0.25, 0.3) is 0 Å². The Bertz CT molecular complexity index is 623. The predicted molar refractivity (Wildman–Crippen MR) is 115 cm³/mol. The second-order valence-electron chi connectivity index (χ2n) is 6.49. The van der Waals surface area contributed by atoms with Gasteiger partial charge < -0.3 is 29.2 Å². The first-order valence-electron chi connectivity index (χ1n) is 9.15. The second-order valence-corrected chi connectivity index (χ2v) is 6.49. The standard InChI is InChI=1S/C19H29N3O4.HI/c1-20-19(21-12-14-6-7-15(23-2)11-17(14)24-3)22-8-10-26-18(13-22)16-5-4-9-25-16;/h6-7,11,16,18H,4-5,8-10,12-13H2,1-3H3,(H,20,21);1H. The van der Waals surface area contributed by atoms with E-state index in [4.69, 9.17) is 18.9 Å². The Morgan fingerprint density at radius 3 is 2.70 bits per heavy atom. The van der Waals surface area contributed by atoms with Crippen LogP contribution >= 0.6 is 24.0 Å². The lowest BCUT2D eigenvalue weighted by Gasteiger charge is -2.37. The molecule has 2 heterocycles. The Hall–Kier alpha value is -1.26. The van der Waals surface area contributed by atoms with E-state index in [0.717, 1.165) is 55.6 Å². The van der Waals surface area contributed by atoms with Crippen molar-refractivity contribution < 1.29 is 18.9 Å². The van der Waals surface area contributed by atoms with Crippen molar-refractivity contribution in [2.45, 2.75) is 31.6 Å². The van der Waals surface area contributed by atoms with Gasteiger partial charge in [0, 0.05) is 44.9 Å². The highest BCUT2D eigenvalue weighted by Gasteiger charge is 2.32. The molecule has 2 saturated heterocycles. The molecule has 0 saturated carbocycles. The SMILES string of the molecule is CN=C(NCc1ccc(OC)cc1OC)N1CCOC(C2CCCO2)C1.I. The number of hydrogen-bond acceptors (Lipinski definition) is 5. The fraction of sp³-hybridized carbons (Fsp3) is 0.632. The van der Waals surface area contributed by atoms with E-state index in [1.165, 1.54) is 0 Å². The van der Waals surface area contributed by atoms with Crippen LogP contribution in [0.3, 0.4) is 0 Å². The van der Waals surface area contributed by atoms with E-state index in [9.17, 15) is 0 Å². The molecule has 1 aromatic rings. The minimum Gasteiger partial charge on any atom is -0.497 e. The molecule has 2 aliphatic rings. The summed E-state index contributed by atoms with van der Waals surface area (Å²) in [5, 5.41) is 3.44. The minimum absolute atomic E-state index is 0. The third kappa shape index (κ3) is 5.61. The largest absolute Gasteiger partial charge is 0.497 e. The predicted octanol–water partition coefficient (Wildman–Crippen LogP) is 2.28. The fourth-order valence-corrected chi connectivity index (χ4v) is 3.49. The molecule has 0 spiro atoms. The average Bonchev–Trinajstić information content (AvgIpc) is 3.23. The number of morpholine rings is 1. The second kappa shape index (κ2) is 10.9. The summed E-state index contributed by atoms with van der Waals surface area (Å²) in [6.07, 6.45) is 2.51. The number of ether oxygens (including phenoxy) is 4. The highest BCUT2D eigenvalue weighted by Crippen LogP contribution is 2.25. The third-order valence-electron chi connectivity index (χ3n) is 4.92. The summed E-state index contributed by atoms with van der Waals surface area (Å²) in [6, 6.07) is 5.83. The molecule has 0 aromatic heterocycles. The molecule has 2 unspecified atom stereocenters. The van der Waals surface area contributed by atoms with Gasteiger partial charge in [-0.25, -0.2) is 0 Å². The van der Waals surface area contributed by atoms with Crippen molar-refractivity contribution in [1.82, 2.24) is 10.2 Å². The number of rotatable bonds is 5. The molecule has 0 aliphatic carbocycles. The molecule has 0 radical (unpaired) electrons. The van der Waals surface area contributed by atoms with Gasteiger partial charge in [-0.15, -0.1) is 24.0 Å². The van der Waals surface area contributed by atoms with Crippen LogP contribution in [0.2, 0.25) is 0 Å². The van der Waals surface area contributed by atoms with Crippen molar-refractivity contribution in [3.63, 3.8) is 0 Å². The normalized spacial score (nSPS) is 22.9. The number of hydrogen-bond donors (Lipinski definition) is 1. The minimum atomic E-state index is 0. The molecular formula is C19H30IN3O4. The Labute approximate surface area is 178 Å². The maximum atomic E-state index is 5.93. The molecule has 27 heavy (non-hydrogen) atoms. The van der Waals surface area contributed by atoms with E-state index in [1.54, 1.807) is 14.2 Å². The van der Waals surface area contributed by atoms with Crippen molar-refractivity contribution in [3.05, 3.63) is 23.8 Å². The van der Waals surface area contributed by atoms with Crippen molar-refractivity contribution in [3.8, 4) is 11.5 Å². The Morgan fingerprint density at radius 2 is 2.04 bits per heavy atom. The van der Waals surface area contributed by atoms with Crippen LogP contribution in [0, 0.1) is 0 Å². The number of methoxy groups -OCH3 is 2. The van der Waals surface area contributed by atoms with E-state index in [-0.39, 0.29) is 36.2 Å². The van der Waals surface area contributed by atoms with Crippen molar-refractivity contribution >= 4 is 29.9 Å². The molecule has 7 nitrogen and oxygen atoms in total. The van der Waals surface area contributed by atoms with Crippen LogP contribution in [-0.2, 0) is 16.0 Å². The van der Waals surface area contributed by atoms with Crippen LogP contribution in [-0.4, -0.2) is 70.6 Å². The summed E-state index contributed by atoms with van der Waals surface area (Å²) in [6.45, 7) is 3.78. The average molecular weight is 491 g/mol. The van der Waals surface area contributed by atoms with E-state index >= 15 is 0 Å². The van der Waals surface area contributed by atoms with Gasteiger partial charge in [-0.05, 0) is 25.0 Å². The number of halogens is 1. The van der Waals surface area contributed by atoms with Crippen LogP contribution in [0.4, 0.5) is 0 Å². The maximum Gasteiger partial charge on any atom is 0.194 e. The Kier molecular flexibility index (Phi) is 8.91. The van der Waals surface area contributed by atoms with Crippen molar-refractivity contribution in [1.29, 1.82) is 0 Å². The molecule has 2 fully saturated rings. The molecule has 2 atom stereocenters. The summed E-state index contributed by atoms with van der Waals surface area (Å²) in [7, 11) is 5.13. The summed E-state index contributed by atoms with van der Waals surface area (Å²) >= 11 is 0. The number of guanidine groups is 1. The lowest BCUT2D eigenvalue weighted by atomic mass is 10.1. The molecule has 2 aliphatic heterocycles. The van der Waals surface area contributed by atoms with Gasteiger partial charge in [-0.3, -0.25) is 4.99 Å². The van der Waals surface area contributed by atoms with Gasteiger partial charge in [0.15, 0.2) is 5.96 Å². The number of aliphatic imine (C=N–C) groups is 1. The van der Waals surface area contributed by atoms with Crippen LogP contribution < -0.4 is 14.8 Å². The molecule has 1 N–H and O–H groups in total. The van der Waals surface area contributed by atoms with Crippen molar-refractivity contribution in [2.75, 3.05) is 47.6 Å². The Balaban J connectivity index is 0.00000261. The summed E-state index contributed by atoms with van der Waals surface area (Å²) in [5.41, 5.74) is 1.05. The van der Waals surface area contributed by atoms with Crippen LogP contribution in [0.15, 0.2) is 23.2 Å². The number of nitrogens with one attached hydrogen (secondary N) is 1. The van der Waals surface area contributed by atoms with Crippen molar-refractivity contribution in [2.24, 2.45) is 4.99 Å². The van der Waals surface area contributed by atoms with Gasteiger partial charge in [-0.2, -0.15) is 0 Å². The molecule has 0 bridgehead atoms. The van der Waals surface area contributed by atoms with Crippen LogP contribution in [0.1, 0.15) is 18.4 Å². The highest BCUT2D eigenvalue weighted by molar-refractivity contribution is 14.0. The maximum absolute atomic E-state index is 5.93. The monoisotopic (exact) mass is 491 g/mol. The Morgan fingerprint density at radius 1 is 1.22 bits per heavy atom. The van der Waals surface area contributed by atoms with Gasteiger partial charge in [0.2, 0.25) is 0 Å². The van der Waals surface area contributed by atoms with E-state index in [1.807, 2.05) is 25.2 Å². The molecule has 152 valence electrons. The van der Waals surface area contributed by atoms with Gasteiger partial charge in [-0.1, -0.05) is 0 Å². The lowest BCUT2D eigenvalue weighted by molar-refractivity contribution is -0.0817. The molecule has 3 rings (SSSR count). The number of benzene rings is 1. The van der Waals surface area contributed by atoms with Gasteiger partial charge in [0.05, 0.1) is 26.9 Å². The fourth-order valence-electron chi connectivity index (χ4n) is 3.49. The zero-order chi connectivity index (χ0) is 18.4. The van der Waals surface area contributed by atoms with Crippen LogP contribution in [0.5, 0.6) is 11.5 Å². The van der Waals surface area contributed by atoms with Gasteiger partial charge in [0.25, 0.3) is 0 Å². The molecule has 8 heteroatoms. The zero-order valence-corrected chi connectivity index (χ0v) is 18.6. The first kappa shape index (κ1) is 22.0. The quantitative estimate of drug-likeness (QED) is 0.388. The van der Waals surface area contributed by atoms with Gasteiger partial charge in [0.1, 0.15) is 17.6 Å². The number of nitrogens with zero attached hydrogens (tertiary/aromatic N) is 2. The summed E-state index contributed by atoms with van der Waals surface area (Å²) < 4.78 is 22.5. The van der Waals surface area contributed by atoms with E-state index in [0.29, 0.717) is 13.2 Å². The van der Waals surface area contributed by atoms with E-state index < -0.39 is 0 Å². The molecular weight excluding hydrogens is 461 g/mol. The van der Waals surface area contributed by atoms with Gasteiger partial charge >= 0.3 is 0 Å². The first-order valence-corrected chi connectivity index (χ1v) is 9.15.